The van der Waals surface area contributed by atoms with Gasteiger partial charge in [0.2, 0.25) is 0 Å². The second kappa shape index (κ2) is 5.55. The highest BCUT2D eigenvalue weighted by molar-refractivity contribution is 8.02. The van der Waals surface area contributed by atoms with E-state index in [9.17, 15) is 0 Å². The topological polar surface area (TPSA) is 3.01 Å². The van der Waals surface area contributed by atoms with Gasteiger partial charge in [0, 0.05) is 6.07 Å². The zero-order chi connectivity index (χ0) is 7.56. The maximum absolute atomic E-state index is 2.22. The van der Waals surface area contributed by atoms with Crippen LogP contribution in [0.3, 0.4) is 0 Å². The Kier molecular flexibility index (Phi) is 6.02. The van der Waals surface area contributed by atoms with Crippen LogP contribution in [0.1, 0.15) is 0 Å². The van der Waals surface area contributed by atoms with Crippen LogP contribution >= 0.6 is 32.4 Å². The van der Waals surface area contributed by atoms with E-state index >= 15 is 0 Å². The van der Waals surface area contributed by atoms with Gasteiger partial charge in [0.25, 0.3) is 4.67 Å². The smallest absolute Gasteiger partial charge is 0.267 e. The average Bonchev–Trinajstić information content (AvgIpc) is 2.34. The molecule has 0 saturated carbocycles. The van der Waals surface area contributed by atoms with Gasteiger partial charge in [-0.15, -0.1) is 11.8 Å². The predicted molar refractivity (Wildman–Crippen MR) is 51.1 cm³/mol. The first-order valence-corrected chi connectivity index (χ1v) is 6.26. The van der Waals surface area contributed by atoms with Gasteiger partial charge in [-0.3, -0.25) is 0 Å². The predicted octanol–water partition coefficient (Wildman–Crippen LogP) is -1.43. The number of halogens is 1. The number of hydrogen-bond acceptors (Lipinski definition) is 3. The molecule has 0 aromatic carbocycles. The molecular weight excluding hydrogens is 309 g/mol. The van der Waals surface area contributed by atoms with E-state index < -0.39 is 0 Å². The molecule has 0 unspecified atom stereocenters. The molecule has 0 N–H and O–H groups in total. The van der Waals surface area contributed by atoms with Gasteiger partial charge >= 0.3 is 0 Å². The molecule has 11 heavy (non-hydrogen) atoms. The van der Waals surface area contributed by atoms with Gasteiger partial charge in [-0.1, -0.05) is 10.3 Å². The lowest BCUT2D eigenvalue weighted by Crippen LogP contribution is -3.00. The molecule has 1 aromatic rings. The minimum Gasteiger partial charge on any atom is -1.00 e. The van der Waals surface area contributed by atoms with Crippen molar-refractivity contribution in [1.29, 1.82) is 0 Å². The quantitative estimate of drug-likeness (QED) is 0.265. The van der Waals surface area contributed by atoms with E-state index in [0.717, 1.165) is 0 Å². The third kappa shape index (κ3) is 3.43. The van der Waals surface area contributed by atoms with E-state index in [4.69, 9.17) is 0 Å². The Balaban J connectivity index is 0.000001000. The van der Waals surface area contributed by atoms with E-state index in [-0.39, 0.29) is 24.0 Å². The second-order valence-electron chi connectivity index (χ2n) is 2.07. The summed E-state index contributed by atoms with van der Waals surface area (Å²) in [6, 6.07) is 2.22. The highest BCUT2D eigenvalue weighted by Crippen LogP contribution is 2.20. The highest BCUT2D eigenvalue weighted by Gasteiger charge is 1.97. The number of hydrogen-bond donors (Lipinski definition) is 0. The number of thioether (sulfide) groups is 1. The Morgan fingerprint density at radius 2 is 2.00 bits per heavy atom. The third-order valence-corrected chi connectivity index (χ3v) is 5.00. The maximum atomic E-state index is 2.22. The van der Waals surface area contributed by atoms with Gasteiger partial charge in [0.1, 0.15) is 14.1 Å². The summed E-state index contributed by atoms with van der Waals surface area (Å²) in [5.41, 5.74) is 0. The minimum absolute atomic E-state index is 0. The van der Waals surface area contributed by atoms with Gasteiger partial charge in [-0.25, -0.2) is 4.58 Å². The first kappa shape index (κ1) is 11.9. The van der Waals surface area contributed by atoms with E-state index in [2.05, 4.69) is 31.0 Å². The monoisotopic (exact) mass is 319 g/mol. The van der Waals surface area contributed by atoms with Crippen molar-refractivity contribution in [3.05, 3.63) is 10.7 Å². The zero-order valence-electron chi connectivity index (χ0n) is 6.63. The molecule has 0 fully saturated rings. The molecule has 0 aliphatic rings. The maximum Gasteiger partial charge on any atom is 0.267 e. The minimum atomic E-state index is 0. The summed E-state index contributed by atoms with van der Waals surface area (Å²) < 4.78 is 4.88. The molecule has 0 bridgehead atoms. The van der Waals surface area contributed by atoms with Crippen molar-refractivity contribution in [2.75, 3.05) is 20.4 Å². The van der Waals surface area contributed by atoms with Crippen molar-refractivity contribution < 1.29 is 24.0 Å². The lowest BCUT2D eigenvalue weighted by atomic mass is 10.7. The average molecular weight is 319 g/mol. The number of rotatable bonds is 1. The molecule has 5 heteroatoms. The summed E-state index contributed by atoms with van der Waals surface area (Å²) in [4.78, 5) is 0. The summed E-state index contributed by atoms with van der Waals surface area (Å²) >= 11 is 1.81. The van der Waals surface area contributed by atoms with E-state index in [1.54, 1.807) is 0 Å². The molecule has 1 rings (SSSR count). The van der Waals surface area contributed by atoms with Gasteiger partial charge in [-0.05, 0) is 16.6 Å². The lowest BCUT2D eigenvalue weighted by Gasteiger charge is -1.78. The van der Waals surface area contributed by atoms with Crippen LogP contribution in [-0.4, -0.2) is 20.4 Å². The summed E-state index contributed by atoms with van der Waals surface area (Å²) in [7, 11) is 7.81. The van der Waals surface area contributed by atoms with Gasteiger partial charge in [0.05, 0.1) is 4.21 Å². The molecule has 0 radical (unpaired) electrons. The first-order valence-electron chi connectivity index (χ1n) is 2.88. The largest absolute Gasteiger partial charge is 1.00 e. The second-order valence-corrected chi connectivity index (χ2v) is 5.36. The van der Waals surface area contributed by atoms with E-state index in [0.29, 0.717) is 0 Å². The van der Waals surface area contributed by atoms with Gasteiger partial charge < -0.3 is 24.0 Å². The fraction of sp³-hybridized carbons (Fsp3) is 0.500. The van der Waals surface area contributed by atoms with Crippen molar-refractivity contribution in [2.45, 2.75) is 4.21 Å². The van der Waals surface area contributed by atoms with Crippen molar-refractivity contribution >= 4 is 32.4 Å². The molecule has 0 spiro atoms. The first-order chi connectivity index (χ1) is 4.74. The summed E-state index contributed by atoms with van der Waals surface area (Å²) in [6.07, 6.45) is 2.11. The van der Waals surface area contributed by atoms with Crippen LogP contribution in [-0.2, 0) is 0 Å². The highest BCUT2D eigenvalue weighted by atomic mass is 127. The van der Waals surface area contributed by atoms with Crippen LogP contribution in [0.2, 0.25) is 0 Å². The molecule has 1 aromatic heterocycles. The Hall–Kier alpha value is 0.930. The van der Waals surface area contributed by atoms with Crippen molar-refractivity contribution in [2.24, 2.45) is 0 Å². The van der Waals surface area contributed by atoms with Gasteiger partial charge in [-0.2, -0.15) is 0 Å². The molecule has 0 atom stereocenters. The molecular formula is C6H10INS3. The Morgan fingerprint density at radius 1 is 1.36 bits per heavy atom. The Labute approximate surface area is 95.6 Å². The van der Waals surface area contributed by atoms with Crippen LogP contribution in [0.25, 0.3) is 0 Å². The summed E-state index contributed by atoms with van der Waals surface area (Å²) in [6.45, 7) is 0. The molecule has 64 valence electrons. The van der Waals surface area contributed by atoms with Crippen LogP contribution in [0.5, 0.6) is 0 Å². The van der Waals surface area contributed by atoms with Gasteiger partial charge in [0.15, 0.2) is 0 Å². The lowest BCUT2D eigenvalue weighted by molar-refractivity contribution is -0.00000203. The van der Waals surface area contributed by atoms with Crippen molar-refractivity contribution in [3.63, 3.8) is 0 Å². The SMILES string of the molecule is CSc1cc(=[N+](C)C)ss1.[I-]. The normalized spacial score (nSPS) is 9.00. The molecule has 1 heterocycles. The molecule has 0 saturated heterocycles. The van der Waals surface area contributed by atoms with Crippen LogP contribution in [0.4, 0.5) is 0 Å². The molecule has 0 aliphatic carbocycles. The zero-order valence-corrected chi connectivity index (χ0v) is 11.2. The Bertz CT molecular complexity index is 271. The van der Waals surface area contributed by atoms with E-state index in [1.165, 1.54) is 8.88 Å². The molecule has 0 aliphatic heterocycles. The number of nitrogens with zero attached hydrogens (tertiary/aromatic N) is 1. The van der Waals surface area contributed by atoms with Crippen LogP contribution < -0.4 is 33.2 Å². The fourth-order valence-electron chi connectivity index (χ4n) is 0.529. The molecule has 0 amide bonds. The summed E-state index contributed by atoms with van der Waals surface area (Å²) in [5.74, 6) is 0. The third-order valence-electron chi connectivity index (χ3n) is 1.09. The summed E-state index contributed by atoms with van der Waals surface area (Å²) in [5, 5.41) is 0. The van der Waals surface area contributed by atoms with Crippen molar-refractivity contribution in [3.8, 4) is 0 Å². The standard InChI is InChI=1S/C6H10NS3.HI/c1-7(2)5-4-6(8-3)10-9-5;/h4H,1-3H3;1H/q+1;/p-1. The fourth-order valence-corrected chi connectivity index (χ4v) is 3.98. The van der Waals surface area contributed by atoms with Crippen LogP contribution in [0, 0.1) is 0 Å². The van der Waals surface area contributed by atoms with Crippen LogP contribution in [0.15, 0.2) is 10.3 Å². The van der Waals surface area contributed by atoms with Crippen molar-refractivity contribution in [1.82, 2.24) is 4.58 Å². The Morgan fingerprint density at radius 3 is 2.27 bits per heavy atom. The molecule has 1 nitrogen and oxygen atoms in total. The van der Waals surface area contributed by atoms with E-state index in [1.807, 2.05) is 32.4 Å².